The quantitative estimate of drug-likeness (QED) is 0.868. The molecular weight excluding hydrogens is 346 g/mol. The fourth-order valence-electron chi connectivity index (χ4n) is 3.47. The standard InChI is InChI=1S/C20H19N3O2S/c1-12-17(21-22-19(25)26-12)13-9-10-16-15(11-13)20(2,3)18(24)23(16)14-7-5-4-6-8-14/h4-12H,1-3H3,(H,22,25). The molecule has 1 unspecified atom stereocenters. The molecule has 4 rings (SSSR count). The van der Waals surface area contributed by atoms with Crippen LogP contribution >= 0.6 is 11.8 Å². The van der Waals surface area contributed by atoms with Gasteiger partial charge in [0.1, 0.15) is 0 Å². The van der Waals surface area contributed by atoms with Crippen LogP contribution in [0.2, 0.25) is 0 Å². The van der Waals surface area contributed by atoms with E-state index in [0.717, 1.165) is 28.2 Å². The van der Waals surface area contributed by atoms with Gasteiger partial charge < -0.3 is 0 Å². The minimum absolute atomic E-state index is 0.0350. The molecule has 5 nitrogen and oxygen atoms in total. The summed E-state index contributed by atoms with van der Waals surface area (Å²) >= 11 is 1.22. The van der Waals surface area contributed by atoms with Crippen LogP contribution in [0.4, 0.5) is 16.2 Å². The second kappa shape index (κ2) is 5.99. The van der Waals surface area contributed by atoms with E-state index in [1.165, 1.54) is 11.8 Å². The first kappa shape index (κ1) is 16.8. The summed E-state index contributed by atoms with van der Waals surface area (Å²) in [5.74, 6) is 0.0529. The third-order valence-electron chi connectivity index (χ3n) is 4.90. The van der Waals surface area contributed by atoms with Crippen LogP contribution in [0.3, 0.4) is 0 Å². The largest absolute Gasteiger partial charge is 0.299 e. The maximum Gasteiger partial charge on any atom is 0.299 e. The smallest absolute Gasteiger partial charge is 0.280 e. The Morgan fingerprint density at radius 3 is 2.54 bits per heavy atom. The molecule has 2 amide bonds. The predicted molar refractivity (Wildman–Crippen MR) is 105 cm³/mol. The van der Waals surface area contributed by atoms with Crippen molar-refractivity contribution >= 4 is 40.0 Å². The SMILES string of the molecule is CC1SC(=O)NN=C1c1ccc2c(c1)C(C)(C)C(=O)N2c1ccccc1. The lowest BCUT2D eigenvalue weighted by molar-refractivity contribution is -0.121. The minimum Gasteiger partial charge on any atom is -0.280 e. The van der Waals surface area contributed by atoms with E-state index in [9.17, 15) is 9.59 Å². The van der Waals surface area contributed by atoms with E-state index in [1.807, 2.05) is 69.3 Å². The topological polar surface area (TPSA) is 61.8 Å². The van der Waals surface area contributed by atoms with Crippen molar-refractivity contribution in [2.45, 2.75) is 31.4 Å². The molecular formula is C20H19N3O2S. The summed E-state index contributed by atoms with van der Waals surface area (Å²) in [5.41, 5.74) is 6.38. The monoisotopic (exact) mass is 365 g/mol. The Balaban J connectivity index is 1.82. The van der Waals surface area contributed by atoms with E-state index in [1.54, 1.807) is 4.90 Å². The number of hydrogen-bond acceptors (Lipinski definition) is 4. The molecule has 2 aromatic carbocycles. The van der Waals surface area contributed by atoms with Crippen LogP contribution in [0.5, 0.6) is 0 Å². The molecule has 2 aromatic rings. The first-order valence-electron chi connectivity index (χ1n) is 8.48. The molecule has 0 aromatic heterocycles. The van der Waals surface area contributed by atoms with Gasteiger partial charge in [-0.15, -0.1) is 0 Å². The van der Waals surface area contributed by atoms with E-state index in [0.29, 0.717) is 0 Å². The predicted octanol–water partition coefficient (Wildman–Crippen LogP) is 4.19. The number of thioether (sulfide) groups is 1. The van der Waals surface area contributed by atoms with Crippen LogP contribution in [0.1, 0.15) is 31.9 Å². The molecule has 132 valence electrons. The average Bonchev–Trinajstić information content (AvgIpc) is 2.82. The highest BCUT2D eigenvalue weighted by atomic mass is 32.2. The van der Waals surface area contributed by atoms with Crippen molar-refractivity contribution in [3.8, 4) is 0 Å². The first-order valence-corrected chi connectivity index (χ1v) is 9.36. The minimum atomic E-state index is -0.629. The number of carbonyl (C=O) groups is 2. The second-order valence-electron chi connectivity index (χ2n) is 6.99. The number of benzene rings is 2. The number of anilines is 2. The van der Waals surface area contributed by atoms with Crippen LogP contribution in [-0.4, -0.2) is 22.1 Å². The van der Waals surface area contributed by atoms with Crippen molar-refractivity contribution in [1.82, 2.24) is 5.43 Å². The molecule has 0 spiro atoms. The fourth-order valence-corrected chi connectivity index (χ4v) is 4.19. The van der Waals surface area contributed by atoms with E-state index in [2.05, 4.69) is 10.5 Å². The zero-order valence-corrected chi connectivity index (χ0v) is 15.6. The van der Waals surface area contributed by atoms with E-state index < -0.39 is 5.41 Å². The summed E-state index contributed by atoms with van der Waals surface area (Å²) in [6.07, 6.45) is 0. The van der Waals surface area contributed by atoms with Crippen molar-refractivity contribution in [3.05, 3.63) is 59.7 Å². The summed E-state index contributed by atoms with van der Waals surface area (Å²) in [6, 6.07) is 15.7. The number of rotatable bonds is 2. The normalized spacial score (nSPS) is 21.3. The van der Waals surface area contributed by atoms with Crippen molar-refractivity contribution < 1.29 is 9.59 Å². The van der Waals surface area contributed by atoms with Crippen molar-refractivity contribution in [3.63, 3.8) is 0 Å². The number of nitrogens with zero attached hydrogens (tertiary/aromatic N) is 2. The van der Waals surface area contributed by atoms with Crippen LogP contribution < -0.4 is 10.3 Å². The first-order chi connectivity index (χ1) is 12.4. The van der Waals surface area contributed by atoms with Gasteiger partial charge in [-0.1, -0.05) is 36.0 Å². The van der Waals surface area contributed by atoms with Crippen molar-refractivity contribution in [2.75, 3.05) is 4.90 Å². The van der Waals surface area contributed by atoms with Crippen LogP contribution in [0, 0.1) is 0 Å². The van der Waals surface area contributed by atoms with Gasteiger partial charge in [-0.25, -0.2) is 5.43 Å². The number of hydrogen-bond donors (Lipinski definition) is 1. The molecule has 0 saturated heterocycles. The number of amides is 2. The second-order valence-corrected chi connectivity index (χ2v) is 8.30. The number of carbonyl (C=O) groups excluding carboxylic acids is 2. The van der Waals surface area contributed by atoms with Gasteiger partial charge in [0.15, 0.2) is 0 Å². The van der Waals surface area contributed by atoms with E-state index >= 15 is 0 Å². The van der Waals surface area contributed by atoms with Gasteiger partial charge in [0, 0.05) is 5.69 Å². The van der Waals surface area contributed by atoms with Crippen LogP contribution in [-0.2, 0) is 10.2 Å². The summed E-state index contributed by atoms with van der Waals surface area (Å²) in [4.78, 5) is 26.4. The van der Waals surface area contributed by atoms with E-state index in [4.69, 9.17) is 0 Å². The van der Waals surface area contributed by atoms with Crippen molar-refractivity contribution in [2.24, 2.45) is 5.10 Å². The Labute approximate surface area is 156 Å². The Morgan fingerprint density at radius 1 is 1.12 bits per heavy atom. The van der Waals surface area contributed by atoms with Gasteiger partial charge in [-0.05, 0) is 56.2 Å². The molecule has 2 aliphatic heterocycles. The summed E-state index contributed by atoms with van der Waals surface area (Å²) < 4.78 is 0. The summed E-state index contributed by atoms with van der Waals surface area (Å²) in [7, 11) is 0. The Bertz CT molecular complexity index is 937. The highest BCUT2D eigenvalue weighted by Crippen LogP contribution is 2.45. The molecule has 6 heteroatoms. The van der Waals surface area contributed by atoms with Gasteiger partial charge in [-0.3, -0.25) is 14.5 Å². The molecule has 0 radical (unpaired) electrons. The molecule has 1 N–H and O–H groups in total. The fraction of sp³-hybridized carbons (Fsp3) is 0.250. The van der Waals surface area contributed by atoms with Crippen LogP contribution in [0.15, 0.2) is 53.6 Å². The van der Waals surface area contributed by atoms with Gasteiger partial charge >= 0.3 is 0 Å². The maximum atomic E-state index is 13.1. The highest BCUT2D eigenvalue weighted by Gasteiger charge is 2.44. The van der Waals surface area contributed by atoms with Gasteiger partial charge in [0.2, 0.25) is 5.91 Å². The van der Waals surface area contributed by atoms with Gasteiger partial charge in [-0.2, -0.15) is 5.10 Å². The van der Waals surface area contributed by atoms with E-state index in [-0.39, 0.29) is 16.4 Å². The molecule has 0 bridgehead atoms. The lowest BCUT2D eigenvalue weighted by Crippen LogP contribution is -2.33. The molecule has 0 aliphatic carbocycles. The Morgan fingerprint density at radius 2 is 1.85 bits per heavy atom. The third kappa shape index (κ3) is 2.52. The number of hydrazone groups is 1. The molecule has 0 saturated carbocycles. The zero-order valence-electron chi connectivity index (χ0n) is 14.8. The average molecular weight is 365 g/mol. The molecule has 2 aliphatic rings. The molecule has 26 heavy (non-hydrogen) atoms. The van der Waals surface area contributed by atoms with Crippen LogP contribution in [0.25, 0.3) is 0 Å². The Kier molecular flexibility index (Phi) is 3.88. The summed E-state index contributed by atoms with van der Waals surface area (Å²) in [6.45, 7) is 5.86. The number of fused-ring (bicyclic) bond motifs is 1. The zero-order chi connectivity index (χ0) is 18.5. The highest BCUT2D eigenvalue weighted by molar-refractivity contribution is 8.14. The molecule has 2 heterocycles. The van der Waals surface area contributed by atoms with Gasteiger partial charge in [0.25, 0.3) is 5.24 Å². The molecule has 0 fully saturated rings. The summed E-state index contributed by atoms with van der Waals surface area (Å²) in [5, 5.41) is 4.05. The third-order valence-corrected chi connectivity index (χ3v) is 5.78. The maximum absolute atomic E-state index is 13.1. The van der Waals surface area contributed by atoms with Gasteiger partial charge in [0.05, 0.1) is 22.1 Å². The Hall–Kier alpha value is -2.60. The number of para-hydroxylation sites is 1. The molecule has 1 atom stereocenters. The lowest BCUT2D eigenvalue weighted by atomic mass is 9.85. The number of nitrogens with one attached hydrogen (secondary N) is 1. The van der Waals surface area contributed by atoms with Crippen molar-refractivity contribution in [1.29, 1.82) is 0 Å². The lowest BCUT2D eigenvalue weighted by Gasteiger charge is -2.20.